The number of nitrogens with zero attached hydrogens (tertiary/aromatic N) is 2. The zero-order valence-corrected chi connectivity index (χ0v) is 13.0. The minimum absolute atomic E-state index is 0.0652. The van der Waals surface area contributed by atoms with E-state index >= 15 is 0 Å². The summed E-state index contributed by atoms with van der Waals surface area (Å²) in [6.07, 6.45) is 2.40. The van der Waals surface area contributed by atoms with Crippen LogP contribution in [0.1, 0.15) is 30.8 Å². The quantitative estimate of drug-likeness (QED) is 0.813. The number of carboxylic acids is 1. The average Bonchev–Trinajstić information content (AvgIpc) is 2.97. The Morgan fingerprint density at radius 3 is 2.65 bits per heavy atom. The summed E-state index contributed by atoms with van der Waals surface area (Å²) < 4.78 is 7.09. The molecular weight excluding hydrogens is 298 g/mol. The van der Waals surface area contributed by atoms with Crippen molar-refractivity contribution in [3.05, 3.63) is 42.2 Å². The molecule has 1 atom stereocenters. The topological polar surface area (TPSA) is 93.5 Å². The summed E-state index contributed by atoms with van der Waals surface area (Å²) >= 11 is 0. The van der Waals surface area contributed by atoms with E-state index in [2.05, 4.69) is 10.4 Å². The monoisotopic (exact) mass is 317 g/mol. The molecule has 122 valence electrons. The molecule has 0 aliphatic carbocycles. The number of carboxylic acid groups (broad SMARTS) is 1. The first-order valence-electron chi connectivity index (χ1n) is 7.34. The second kappa shape index (κ2) is 7.44. The molecule has 0 fully saturated rings. The lowest BCUT2D eigenvalue weighted by Gasteiger charge is -2.09. The van der Waals surface area contributed by atoms with E-state index in [9.17, 15) is 9.59 Å². The van der Waals surface area contributed by atoms with Crippen LogP contribution in [0.15, 0.2) is 36.5 Å². The standard InChI is InChI=1S/C16H19N3O4/c1-3-9-23-13-10-19(12-7-5-4-6-8-12)18-14(13)15(20)17-11(2)16(21)22/h4-8,10-11H,3,9H2,1-2H3,(H,17,20)(H,21,22)/t11-/m1/s1. The normalized spacial score (nSPS) is 11.7. The van der Waals surface area contributed by atoms with E-state index < -0.39 is 17.9 Å². The molecule has 23 heavy (non-hydrogen) atoms. The van der Waals surface area contributed by atoms with Crippen molar-refractivity contribution in [2.24, 2.45) is 0 Å². The molecule has 0 radical (unpaired) electrons. The number of nitrogens with one attached hydrogen (secondary N) is 1. The van der Waals surface area contributed by atoms with Crippen molar-refractivity contribution in [2.75, 3.05) is 6.61 Å². The first-order valence-corrected chi connectivity index (χ1v) is 7.34. The van der Waals surface area contributed by atoms with Gasteiger partial charge >= 0.3 is 5.97 Å². The van der Waals surface area contributed by atoms with Crippen molar-refractivity contribution in [3.8, 4) is 11.4 Å². The lowest BCUT2D eigenvalue weighted by Crippen LogP contribution is -2.38. The number of carbonyl (C=O) groups is 2. The van der Waals surface area contributed by atoms with Crippen LogP contribution in [0.2, 0.25) is 0 Å². The minimum atomic E-state index is -1.11. The lowest BCUT2D eigenvalue weighted by atomic mass is 10.3. The molecule has 2 N–H and O–H groups in total. The first-order chi connectivity index (χ1) is 11.0. The molecule has 1 amide bonds. The Labute approximate surface area is 133 Å². The highest BCUT2D eigenvalue weighted by atomic mass is 16.5. The Balaban J connectivity index is 2.30. The van der Waals surface area contributed by atoms with E-state index in [4.69, 9.17) is 9.84 Å². The summed E-state index contributed by atoms with van der Waals surface area (Å²) in [6.45, 7) is 3.78. The summed E-state index contributed by atoms with van der Waals surface area (Å²) in [4.78, 5) is 23.1. The van der Waals surface area contributed by atoms with Crippen molar-refractivity contribution < 1.29 is 19.4 Å². The molecule has 0 aliphatic rings. The van der Waals surface area contributed by atoms with E-state index in [1.165, 1.54) is 11.6 Å². The summed E-state index contributed by atoms with van der Waals surface area (Å²) in [5.41, 5.74) is 0.842. The van der Waals surface area contributed by atoms with Gasteiger partial charge in [-0.1, -0.05) is 25.1 Å². The van der Waals surface area contributed by atoms with E-state index in [-0.39, 0.29) is 5.69 Å². The number of amides is 1. The van der Waals surface area contributed by atoms with Gasteiger partial charge < -0.3 is 15.2 Å². The maximum Gasteiger partial charge on any atom is 0.325 e. The van der Waals surface area contributed by atoms with Crippen molar-refractivity contribution in [3.63, 3.8) is 0 Å². The molecular formula is C16H19N3O4. The third-order valence-corrected chi connectivity index (χ3v) is 3.10. The Kier molecular flexibility index (Phi) is 5.35. The Bertz CT molecular complexity index is 682. The van der Waals surface area contributed by atoms with Crippen LogP contribution in [0.3, 0.4) is 0 Å². The number of hydrogen-bond acceptors (Lipinski definition) is 4. The minimum Gasteiger partial charge on any atom is -0.489 e. The molecule has 1 aromatic carbocycles. The van der Waals surface area contributed by atoms with Crippen molar-refractivity contribution >= 4 is 11.9 Å². The van der Waals surface area contributed by atoms with Crippen LogP contribution in [-0.4, -0.2) is 39.4 Å². The highest BCUT2D eigenvalue weighted by Crippen LogP contribution is 2.20. The number of hydrogen-bond donors (Lipinski definition) is 2. The molecule has 0 spiro atoms. The largest absolute Gasteiger partial charge is 0.489 e. The third kappa shape index (κ3) is 4.09. The van der Waals surface area contributed by atoms with E-state index in [0.717, 1.165) is 12.1 Å². The molecule has 0 bridgehead atoms. The van der Waals surface area contributed by atoms with E-state index in [1.54, 1.807) is 6.20 Å². The fourth-order valence-corrected chi connectivity index (χ4v) is 1.87. The predicted molar refractivity (Wildman–Crippen MR) is 83.9 cm³/mol. The van der Waals surface area contributed by atoms with Crippen LogP contribution >= 0.6 is 0 Å². The Morgan fingerprint density at radius 1 is 1.35 bits per heavy atom. The highest BCUT2D eigenvalue weighted by Gasteiger charge is 2.22. The van der Waals surface area contributed by atoms with Gasteiger partial charge in [0.2, 0.25) is 0 Å². The second-order valence-corrected chi connectivity index (χ2v) is 5.00. The molecule has 0 saturated heterocycles. The predicted octanol–water partition coefficient (Wildman–Crippen LogP) is 1.86. The van der Waals surface area contributed by atoms with Crippen molar-refractivity contribution in [2.45, 2.75) is 26.3 Å². The van der Waals surface area contributed by atoms with Crippen LogP contribution < -0.4 is 10.1 Å². The fraction of sp³-hybridized carbons (Fsp3) is 0.312. The maximum absolute atomic E-state index is 12.3. The number of rotatable bonds is 7. The van der Waals surface area contributed by atoms with Crippen LogP contribution in [-0.2, 0) is 4.79 Å². The zero-order chi connectivity index (χ0) is 16.8. The van der Waals surface area contributed by atoms with Gasteiger partial charge in [0, 0.05) is 0 Å². The lowest BCUT2D eigenvalue weighted by molar-refractivity contribution is -0.138. The average molecular weight is 317 g/mol. The molecule has 2 rings (SSSR count). The molecule has 0 unspecified atom stereocenters. The number of aromatic nitrogens is 2. The van der Waals surface area contributed by atoms with Crippen LogP contribution in [0.4, 0.5) is 0 Å². The molecule has 0 aliphatic heterocycles. The van der Waals surface area contributed by atoms with Crippen LogP contribution in [0.5, 0.6) is 5.75 Å². The molecule has 0 saturated carbocycles. The first kappa shape index (κ1) is 16.5. The summed E-state index contributed by atoms with van der Waals surface area (Å²) in [5.74, 6) is -1.37. The summed E-state index contributed by atoms with van der Waals surface area (Å²) in [7, 11) is 0. The molecule has 1 heterocycles. The number of carbonyl (C=O) groups excluding carboxylic acids is 1. The number of aliphatic carboxylic acids is 1. The SMILES string of the molecule is CCCOc1cn(-c2ccccc2)nc1C(=O)N[C@H](C)C(=O)O. The van der Waals surface area contributed by atoms with E-state index in [0.29, 0.717) is 12.4 Å². The van der Waals surface area contributed by atoms with Gasteiger partial charge in [0.15, 0.2) is 11.4 Å². The summed E-state index contributed by atoms with van der Waals surface area (Å²) in [6, 6.07) is 8.27. The number of ether oxygens (including phenoxy) is 1. The highest BCUT2D eigenvalue weighted by molar-refractivity contribution is 5.97. The fourth-order valence-electron chi connectivity index (χ4n) is 1.87. The van der Waals surface area contributed by atoms with Gasteiger partial charge in [-0.3, -0.25) is 9.59 Å². The van der Waals surface area contributed by atoms with Crippen molar-refractivity contribution in [1.82, 2.24) is 15.1 Å². The Hall–Kier alpha value is -2.83. The molecule has 1 aromatic heterocycles. The van der Waals surface area contributed by atoms with Crippen LogP contribution in [0, 0.1) is 0 Å². The third-order valence-electron chi connectivity index (χ3n) is 3.10. The summed E-state index contributed by atoms with van der Waals surface area (Å²) in [5, 5.41) is 15.5. The second-order valence-electron chi connectivity index (χ2n) is 5.00. The van der Waals surface area contributed by atoms with Gasteiger partial charge in [-0.25, -0.2) is 4.68 Å². The molecule has 2 aromatic rings. The maximum atomic E-state index is 12.3. The van der Waals surface area contributed by atoms with Gasteiger partial charge in [0.05, 0.1) is 18.5 Å². The molecule has 7 heteroatoms. The number of para-hydroxylation sites is 1. The van der Waals surface area contributed by atoms with Crippen molar-refractivity contribution in [1.29, 1.82) is 0 Å². The van der Waals surface area contributed by atoms with Gasteiger partial charge in [-0.05, 0) is 25.5 Å². The smallest absolute Gasteiger partial charge is 0.325 e. The van der Waals surface area contributed by atoms with Gasteiger partial charge in [-0.2, -0.15) is 5.10 Å². The van der Waals surface area contributed by atoms with Gasteiger partial charge in [0.25, 0.3) is 5.91 Å². The zero-order valence-electron chi connectivity index (χ0n) is 13.0. The molecule has 7 nitrogen and oxygen atoms in total. The van der Waals surface area contributed by atoms with Crippen LogP contribution in [0.25, 0.3) is 5.69 Å². The van der Waals surface area contributed by atoms with Gasteiger partial charge in [-0.15, -0.1) is 0 Å². The number of benzene rings is 1. The van der Waals surface area contributed by atoms with Gasteiger partial charge in [0.1, 0.15) is 6.04 Å². The Morgan fingerprint density at radius 2 is 2.04 bits per heavy atom. The van der Waals surface area contributed by atoms with E-state index in [1.807, 2.05) is 37.3 Å².